The van der Waals surface area contributed by atoms with Crippen LogP contribution in [-0.4, -0.2) is 40.0 Å². The van der Waals surface area contributed by atoms with Crippen LogP contribution in [0.25, 0.3) is 6.08 Å². The molecule has 1 aliphatic heterocycles. The topological polar surface area (TPSA) is 83.7 Å². The molecule has 6 heteroatoms. The highest BCUT2D eigenvalue weighted by Crippen LogP contribution is 2.14. The van der Waals surface area contributed by atoms with Gasteiger partial charge in [-0.15, -0.1) is 0 Å². The van der Waals surface area contributed by atoms with Crippen molar-refractivity contribution in [2.45, 2.75) is 18.9 Å². The fourth-order valence-corrected chi connectivity index (χ4v) is 2.11. The number of aliphatic hydroxyl groups excluding tert-OH is 1. The molecule has 1 unspecified atom stereocenters. The van der Waals surface area contributed by atoms with Crippen LogP contribution < -0.4 is 0 Å². The second kappa shape index (κ2) is 6.29. The van der Waals surface area contributed by atoms with E-state index in [1.165, 1.54) is 24.3 Å². The molecular formula is C14H15N2O4. The Morgan fingerprint density at radius 1 is 1.60 bits per heavy atom. The summed E-state index contributed by atoms with van der Waals surface area (Å²) in [5, 5.41) is 20.1. The minimum absolute atomic E-state index is 0.131. The molecule has 1 aliphatic rings. The van der Waals surface area contributed by atoms with Crippen LogP contribution in [0.3, 0.4) is 0 Å². The van der Waals surface area contributed by atoms with E-state index in [1.54, 1.807) is 11.0 Å². The molecule has 1 aromatic rings. The molecule has 1 amide bonds. The summed E-state index contributed by atoms with van der Waals surface area (Å²) in [6.07, 6.45) is 3.94. The lowest BCUT2D eigenvalue weighted by Gasteiger charge is -2.29. The number of piperidine rings is 1. The molecule has 1 saturated heterocycles. The van der Waals surface area contributed by atoms with E-state index >= 15 is 0 Å². The summed E-state index contributed by atoms with van der Waals surface area (Å²) >= 11 is 0. The van der Waals surface area contributed by atoms with Gasteiger partial charge in [0.25, 0.3) is 5.69 Å². The second-order valence-electron chi connectivity index (χ2n) is 4.68. The fraction of sp³-hybridized carbons (Fsp3) is 0.357. The molecule has 105 valence electrons. The predicted molar refractivity (Wildman–Crippen MR) is 72.8 cm³/mol. The smallest absolute Gasteiger partial charge is 0.278 e. The van der Waals surface area contributed by atoms with Crippen LogP contribution in [0.1, 0.15) is 18.4 Å². The molecule has 1 fully saturated rings. The minimum atomic E-state index is -0.528. The summed E-state index contributed by atoms with van der Waals surface area (Å²) < 4.78 is 0. The molecule has 6 nitrogen and oxygen atoms in total. The van der Waals surface area contributed by atoms with Gasteiger partial charge in [-0.2, -0.15) is 0 Å². The quantitative estimate of drug-likeness (QED) is 0.513. The van der Waals surface area contributed by atoms with Gasteiger partial charge in [0.05, 0.1) is 17.1 Å². The number of β-amino-alcohol motifs (C(OH)–C–C–N with tert-alkyl or cyclic N) is 1. The van der Waals surface area contributed by atoms with Crippen LogP contribution in [0.5, 0.6) is 0 Å². The lowest BCUT2D eigenvalue weighted by molar-refractivity contribution is -0.385. The number of aliphatic hydroxyl groups is 1. The number of rotatable bonds is 3. The second-order valence-corrected chi connectivity index (χ2v) is 4.68. The largest absolute Gasteiger partial charge is 0.391 e. The number of benzene rings is 1. The first kappa shape index (κ1) is 14.2. The standard InChI is InChI=1S/C14H15N2O4/c17-13-5-2-8-15(10-13)14(18)7-6-11-3-1-4-12(9-11)16(19)20/h1,3,6-7,9,13,17H,2,5,8,10H2/b7-6+. The van der Waals surface area contributed by atoms with Crippen LogP contribution in [0.2, 0.25) is 0 Å². The van der Waals surface area contributed by atoms with Gasteiger partial charge in [0, 0.05) is 25.2 Å². The number of nitrogens with zero attached hydrogens (tertiary/aromatic N) is 2. The average molecular weight is 275 g/mol. The Morgan fingerprint density at radius 2 is 2.40 bits per heavy atom. The van der Waals surface area contributed by atoms with Crippen molar-refractivity contribution in [2.24, 2.45) is 0 Å². The Hall–Kier alpha value is -2.21. The molecule has 1 aromatic carbocycles. The number of amides is 1. The van der Waals surface area contributed by atoms with Gasteiger partial charge in [-0.05, 0) is 30.5 Å². The summed E-state index contributed by atoms with van der Waals surface area (Å²) in [6, 6.07) is 6.95. The van der Waals surface area contributed by atoms with Crippen LogP contribution in [0.4, 0.5) is 5.69 Å². The molecule has 1 N–H and O–H groups in total. The Labute approximate surface area is 116 Å². The third kappa shape index (κ3) is 3.64. The third-order valence-electron chi connectivity index (χ3n) is 3.13. The lowest BCUT2D eigenvalue weighted by atomic mass is 10.1. The molecule has 2 rings (SSSR count). The number of hydrogen-bond donors (Lipinski definition) is 1. The van der Waals surface area contributed by atoms with Crippen molar-refractivity contribution in [1.82, 2.24) is 4.90 Å². The zero-order valence-electron chi connectivity index (χ0n) is 10.9. The molecule has 1 heterocycles. The van der Waals surface area contributed by atoms with Gasteiger partial charge >= 0.3 is 0 Å². The molecule has 0 aromatic heterocycles. The van der Waals surface area contributed by atoms with E-state index in [1.807, 2.05) is 0 Å². The van der Waals surface area contributed by atoms with Crippen molar-refractivity contribution in [3.05, 3.63) is 46.0 Å². The highest BCUT2D eigenvalue weighted by molar-refractivity contribution is 5.91. The average Bonchev–Trinajstić information content (AvgIpc) is 2.45. The van der Waals surface area contributed by atoms with Crippen LogP contribution in [-0.2, 0) is 4.79 Å². The first-order valence-corrected chi connectivity index (χ1v) is 6.37. The van der Waals surface area contributed by atoms with Gasteiger partial charge in [0.15, 0.2) is 0 Å². The van der Waals surface area contributed by atoms with Crippen LogP contribution >= 0.6 is 0 Å². The van der Waals surface area contributed by atoms with Gasteiger partial charge in [-0.1, -0.05) is 6.07 Å². The number of likely N-dealkylation sites (tertiary alicyclic amines) is 1. The van der Waals surface area contributed by atoms with Gasteiger partial charge < -0.3 is 10.0 Å². The van der Waals surface area contributed by atoms with E-state index in [2.05, 4.69) is 6.07 Å². The van der Waals surface area contributed by atoms with Crippen molar-refractivity contribution >= 4 is 17.7 Å². The first-order valence-electron chi connectivity index (χ1n) is 6.37. The first-order chi connectivity index (χ1) is 9.56. The normalized spacial score (nSPS) is 19.2. The SMILES string of the molecule is O=C(/C=C/c1cc[c]c([N+](=O)[O-])c1)N1CCCC(O)C1. The van der Waals surface area contributed by atoms with Gasteiger partial charge in [0.2, 0.25) is 5.91 Å². The summed E-state index contributed by atoms with van der Waals surface area (Å²) in [5.74, 6) is -0.195. The number of carbonyl (C=O) groups excluding carboxylic acids is 1. The molecule has 1 atom stereocenters. The van der Waals surface area contributed by atoms with Crippen molar-refractivity contribution < 1.29 is 14.8 Å². The summed E-state index contributed by atoms with van der Waals surface area (Å²) in [6.45, 7) is 0.967. The summed E-state index contributed by atoms with van der Waals surface area (Å²) in [5.41, 5.74) is 0.439. The van der Waals surface area contributed by atoms with Crippen molar-refractivity contribution in [3.8, 4) is 0 Å². The fourth-order valence-electron chi connectivity index (χ4n) is 2.11. The summed E-state index contributed by atoms with van der Waals surface area (Å²) in [4.78, 5) is 23.6. The molecule has 0 bridgehead atoms. The Morgan fingerprint density at radius 3 is 3.10 bits per heavy atom. The minimum Gasteiger partial charge on any atom is -0.391 e. The zero-order chi connectivity index (χ0) is 14.5. The number of hydrogen-bond acceptors (Lipinski definition) is 4. The number of carbonyl (C=O) groups is 1. The van der Waals surface area contributed by atoms with E-state index < -0.39 is 11.0 Å². The number of non-ortho nitro benzene ring substituents is 1. The van der Waals surface area contributed by atoms with Crippen molar-refractivity contribution in [2.75, 3.05) is 13.1 Å². The molecular weight excluding hydrogens is 260 g/mol. The van der Waals surface area contributed by atoms with E-state index in [4.69, 9.17) is 0 Å². The van der Waals surface area contributed by atoms with Crippen LogP contribution in [0.15, 0.2) is 24.3 Å². The maximum atomic E-state index is 11.9. The monoisotopic (exact) mass is 275 g/mol. The molecule has 0 saturated carbocycles. The highest BCUT2D eigenvalue weighted by Gasteiger charge is 2.20. The molecule has 1 radical (unpaired) electrons. The third-order valence-corrected chi connectivity index (χ3v) is 3.13. The van der Waals surface area contributed by atoms with E-state index in [0.717, 1.165) is 6.42 Å². The van der Waals surface area contributed by atoms with Gasteiger partial charge in [-0.3, -0.25) is 14.9 Å². The van der Waals surface area contributed by atoms with Crippen molar-refractivity contribution in [3.63, 3.8) is 0 Å². The Bertz CT molecular complexity index is 542. The van der Waals surface area contributed by atoms with Gasteiger partial charge in [0.1, 0.15) is 0 Å². The van der Waals surface area contributed by atoms with E-state index in [-0.39, 0.29) is 11.6 Å². The summed E-state index contributed by atoms with van der Waals surface area (Å²) in [7, 11) is 0. The highest BCUT2D eigenvalue weighted by atomic mass is 16.6. The number of nitro benzene ring substituents is 1. The maximum Gasteiger partial charge on any atom is 0.278 e. The Kier molecular flexibility index (Phi) is 4.47. The van der Waals surface area contributed by atoms with E-state index in [9.17, 15) is 20.0 Å². The molecule has 0 aliphatic carbocycles. The Balaban J connectivity index is 2.03. The molecule has 20 heavy (non-hydrogen) atoms. The van der Waals surface area contributed by atoms with Crippen LogP contribution in [0, 0.1) is 16.2 Å². The van der Waals surface area contributed by atoms with E-state index in [0.29, 0.717) is 25.1 Å². The number of nitro groups is 1. The zero-order valence-corrected chi connectivity index (χ0v) is 10.9. The lowest BCUT2D eigenvalue weighted by Crippen LogP contribution is -2.41. The molecule has 0 spiro atoms. The maximum absolute atomic E-state index is 11.9. The predicted octanol–water partition coefficient (Wildman–Crippen LogP) is 1.39. The van der Waals surface area contributed by atoms with Gasteiger partial charge in [-0.25, -0.2) is 0 Å². The van der Waals surface area contributed by atoms with Crippen molar-refractivity contribution in [1.29, 1.82) is 0 Å².